The first-order valence-electron chi connectivity index (χ1n) is 13.1. The Balaban J connectivity index is -0.000000167. The molecule has 0 amide bonds. The van der Waals surface area contributed by atoms with Gasteiger partial charge in [-0.3, -0.25) is 10.2 Å². The van der Waals surface area contributed by atoms with Crippen LogP contribution in [0.15, 0.2) is 11.3 Å². The fourth-order valence-corrected chi connectivity index (χ4v) is 3.42. The largest absolute Gasteiger partial charge is 1.00 e. The Morgan fingerprint density at radius 2 is 1.09 bits per heavy atom. The number of halogens is 1. The summed E-state index contributed by atoms with van der Waals surface area (Å²) >= 11 is 0. The van der Waals surface area contributed by atoms with Crippen molar-refractivity contribution in [3.8, 4) is 0 Å². The van der Waals surface area contributed by atoms with Crippen molar-refractivity contribution in [1.29, 1.82) is 5.41 Å². The molecule has 0 aromatic carbocycles. The average Bonchev–Trinajstić information content (AvgIpc) is 2.83. The van der Waals surface area contributed by atoms with Crippen LogP contribution in [0.5, 0.6) is 0 Å². The van der Waals surface area contributed by atoms with Crippen LogP contribution in [-0.2, 0) is 23.8 Å². The Morgan fingerprint density at radius 1 is 0.761 bits per heavy atom. The molecule has 46 heavy (non-hydrogen) atoms. The normalized spacial score (nSPS) is 9.48. The molecule has 0 aliphatic heterocycles. The van der Waals surface area contributed by atoms with E-state index in [0.29, 0.717) is 46.6 Å². The van der Waals surface area contributed by atoms with Gasteiger partial charge < -0.3 is 30.5 Å². The SMILES string of the molecule is CC(=N)N.CCOC(=O)C(C(C)=O)=C(C)OC.CCOC(=O)c1c(C)nc(C)nc1C.Cc1nc(C)c(C(=O)O)c(C)n1.Cl.[Na+].[OH-]. The molecule has 0 unspecified atom stereocenters. The van der Waals surface area contributed by atoms with E-state index in [9.17, 15) is 19.2 Å². The number of hydrogen-bond donors (Lipinski definition) is 3. The summed E-state index contributed by atoms with van der Waals surface area (Å²) in [6, 6.07) is 0. The predicted molar refractivity (Wildman–Crippen MR) is 169 cm³/mol. The van der Waals surface area contributed by atoms with E-state index in [0.717, 1.165) is 0 Å². The number of carboxylic acids is 1. The maximum atomic E-state index is 11.5. The Labute approximate surface area is 298 Å². The molecule has 17 heteroatoms. The Kier molecular flexibility index (Phi) is 30.2. The summed E-state index contributed by atoms with van der Waals surface area (Å²) in [6.45, 7) is 18.9. The molecule has 0 spiro atoms. The molecule has 0 fully saturated rings. The monoisotopic (exact) mass is 680 g/mol. The zero-order chi connectivity index (χ0) is 34.0. The van der Waals surface area contributed by atoms with Crippen LogP contribution in [0.4, 0.5) is 0 Å². The number of aromatic carboxylic acids is 1. The topological polar surface area (TPSA) is 248 Å². The minimum atomic E-state index is -0.968. The van der Waals surface area contributed by atoms with Crippen LogP contribution >= 0.6 is 12.4 Å². The maximum absolute atomic E-state index is 11.5. The number of nitrogens with one attached hydrogen (secondary N) is 1. The van der Waals surface area contributed by atoms with Crippen molar-refractivity contribution in [2.75, 3.05) is 20.3 Å². The molecular formula is C29H46ClN6NaO9. The van der Waals surface area contributed by atoms with Crippen molar-refractivity contribution in [2.24, 2.45) is 5.73 Å². The van der Waals surface area contributed by atoms with E-state index in [-0.39, 0.29) is 88.5 Å². The summed E-state index contributed by atoms with van der Waals surface area (Å²) in [6.07, 6.45) is 0. The number of Topliss-reactive ketones (excluding diaryl/α,β-unsaturated/α-hetero) is 1. The number of ether oxygens (including phenoxy) is 3. The van der Waals surface area contributed by atoms with Crippen LogP contribution in [0.2, 0.25) is 0 Å². The number of hydrogen-bond acceptors (Lipinski definition) is 13. The Hall–Kier alpha value is -3.50. The molecule has 0 radical (unpaired) electrons. The van der Waals surface area contributed by atoms with Gasteiger partial charge in [0.05, 0.1) is 48.9 Å². The number of esters is 2. The third kappa shape index (κ3) is 19.8. The van der Waals surface area contributed by atoms with E-state index in [1.165, 1.54) is 21.0 Å². The maximum Gasteiger partial charge on any atom is 1.00 e. The average molecular weight is 681 g/mol. The first-order chi connectivity index (χ1) is 19.8. The molecule has 254 valence electrons. The molecule has 2 heterocycles. The number of aromatic nitrogens is 4. The van der Waals surface area contributed by atoms with E-state index in [4.69, 9.17) is 30.5 Å². The zero-order valence-electron chi connectivity index (χ0n) is 28.9. The number of aryl methyl sites for hydroxylation is 6. The van der Waals surface area contributed by atoms with Crippen molar-refractivity contribution >= 4 is 41.9 Å². The van der Waals surface area contributed by atoms with E-state index < -0.39 is 11.9 Å². The molecule has 5 N–H and O–H groups in total. The van der Waals surface area contributed by atoms with E-state index >= 15 is 0 Å². The van der Waals surface area contributed by atoms with E-state index in [1.807, 2.05) is 0 Å². The molecule has 0 aliphatic carbocycles. The smallest absolute Gasteiger partial charge is 0.870 e. The van der Waals surface area contributed by atoms with Crippen molar-refractivity contribution < 1.29 is 73.5 Å². The van der Waals surface area contributed by atoms with Gasteiger partial charge >= 0.3 is 47.5 Å². The van der Waals surface area contributed by atoms with Crippen LogP contribution in [0.25, 0.3) is 0 Å². The van der Waals surface area contributed by atoms with Crippen LogP contribution in [0.3, 0.4) is 0 Å². The van der Waals surface area contributed by atoms with Crippen molar-refractivity contribution in [2.45, 2.75) is 76.2 Å². The van der Waals surface area contributed by atoms with Gasteiger partial charge in [0.25, 0.3) is 0 Å². The number of methoxy groups -OCH3 is 1. The number of nitrogens with zero attached hydrogens (tertiary/aromatic N) is 4. The molecule has 2 aromatic rings. The van der Waals surface area contributed by atoms with Crippen molar-refractivity contribution in [3.63, 3.8) is 0 Å². The molecule has 0 bridgehead atoms. The van der Waals surface area contributed by atoms with Crippen LogP contribution in [0, 0.1) is 47.0 Å². The van der Waals surface area contributed by atoms with Crippen LogP contribution in [-0.4, -0.2) is 80.4 Å². The van der Waals surface area contributed by atoms with Gasteiger partial charge in [-0.15, -0.1) is 12.4 Å². The number of carboxylic acid groups (broad SMARTS) is 1. The second-order valence-corrected chi connectivity index (χ2v) is 8.75. The minimum Gasteiger partial charge on any atom is -0.870 e. The van der Waals surface area contributed by atoms with Gasteiger partial charge in [-0.2, -0.15) is 0 Å². The summed E-state index contributed by atoms with van der Waals surface area (Å²) in [5, 5.41) is 15.0. The molecule has 0 saturated heterocycles. The van der Waals surface area contributed by atoms with Crippen LogP contribution in [0.1, 0.15) is 89.8 Å². The second kappa shape index (κ2) is 26.7. The van der Waals surface area contributed by atoms with Crippen molar-refractivity contribution in [3.05, 3.63) is 56.9 Å². The number of allylic oxidation sites excluding steroid dienone is 1. The minimum absolute atomic E-state index is 0. The number of amidine groups is 1. The molecule has 2 rings (SSSR count). The fourth-order valence-electron chi connectivity index (χ4n) is 3.42. The van der Waals surface area contributed by atoms with E-state index in [1.54, 1.807) is 62.3 Å². The van der Waals surface area contributed by atoms with Crippen LogP contribution < -0.4 is 35.3 Å². The summed E-state index contributed by atoms with van der Waals surface area (Å²) in [5.41, 5.74) is 7.75. The molecule has 2 aromatic heterocycles. The third-order valence-corrected chi connectivity index (χ3v) is 4.95. The van der Waals surface area contributed by atoms with Gasteiger partial charge in [0, 0.05) is 0 Å². The van der Waals surface area contributed by atoms with Crippen molar-refractivity contribution in [1.82, 2.24) is 19.9 Å². The number of nitrogens with two attached hydrogens (primary N) is 1. The van der Waals surface area contributed by atoms with Gasteiger partial charge in [-0.25, -0.2) is 34.3 Å². The molecular weight excluding hydrogens is 635 g/mol. The first kappa shape index (κ1) is 52.1. The summed E-state index contributed by atoms with van der Waals surface area (Å²) in [7, 11) is 1.40. The summed E-state index contributed by atoms with van der Waals surface area (Å²) < 4.78 is 14.4. The summed E-state index contributed by atoms with van der Waals surface area (Å²) in [4.78, 5) is 60.6. The molecule has 0 aliphatic rings. The number of carbonyl (C=O) groups excluding carboxylic acids is 3. The number of carbonyl (C=O) groups is 4. The fraction of sp³-hybridized carbons (Fsp3) is 0.483. The molecule has 0 atom stereocenters. The Morgan fingerprint density at radius 3 is 1.35 bits per heavy atom. The molecule has 0 saturated carbocycles. The second-order valence-electron chi connectivity index (χ2n) is 8.75. The first-order valence-corrected chi connectivity index (χ1v) is 13.1. The third-order valence-electron chi connectivity index (χ3n) is 4.95. The van der Waals surface area contributed by atoms with Gasteiger partial charge in [-0.05, 0) is 76.2 Å². The summed E-state index contributed by atoms with van der Waals surface area (Å²) in [5.74, 6) is -0.561. The standard InChI is InChI=1S/C10H14N2O2.C9H14O4.C8H10N2O2.C2H6N2.ClH.Na.H2O/c1-5-14-10(13)9-6(2)11-8(4)12-7(9)3;1-5-13-9(11)8(6(2)10)7(3)12-4;1-4-7(8(11)12)5(2)10-6(3)9-4;1-2(3)4;;;/h5H2,1-4H3;5H2,1-4H3;1-3H3,(H,11,12);1H3,(H3,3,4);1H;;1H2/q;;;;;+1;/p-1. The predicted octanol–water partition coefficient (Wildman–Crippen LogP) is 0.929. The van der Waals surface area contributed by atoms with Gasteiger partial charge in [0.1, 0.15) is 34.1 Å². The molecule has 15 nitrogen and oxygen atoms in total. The Bertz CT molecular complexity index is 1300. The van der Waals surface area contributed by atoms with Gasteiger partial charge in [0.2, 0.25) is 0 Å². The zero-order valence-corrected chi connectivity index (χ0v) is 31.8. The number of rotatable bonds is 7. The van der Waals surface area contributed by atoms with Gasteiger partial charge in [0.15, 0.2) is 5.78 Å². The number of ketones is 1. The van der Waals surface area contributed by atoms with E-state index in [2.05, 4.69) is 19.9 Å². The quantitative estimate of drug-likeness (QED) is 0.0538. The van der Waals surface area contributed by atoms with Gasteiger partial charge in [-0.1, -0.05) is 0 Å².